The molecule has 0 saturated carbocycles. The summed E-state index contributed by atoms with van der Waals surface area (Å²) < 4.78 is 29.8. The van der Waals surface area contributed by atoms with Gasteiger partial charge in [-0.1, -0.05) is 76.2 Å². The van der Waals surface area contributed by atoms with Gasteiger partial charge in [0.2, 0.25) is 29.5 Å². The van der Waals surface area contributed by atoms with Gasteiger partial charge < -0.3 is 65.1 Å². The van der Waals surface area contributed by atoms with Crippen molar-refractivity contribution in [1.29, 1.82) is 0 Å². The molecule has 6 rings (SSSR count). The molecule has 6 amide bonds. The van der Waals surface area contributed by atoms with Crippen molar-refractivity contribution in [2.75, 3.05) is 52.7 Å². The van der Waals surface area contributed by atoms with Crippen LogP contribution in [0.3, 0.4) is 0 Å². The number of nitrogens with zero attached hydrogens (tertiary/aromatic N) is 5. The van der Waals surface area contributed by atoms with Crippen LogP contribution in [0.5, 0.6) is 5.75 Å². The number of hydrogen-bond acceptors (Lipinski definition) is 17. The number of ether oxygens (including phenoxy) is 5. The molecule has 430 valence electrons. The Morgan fingerprint density at radius 2 is 1.61 bits per heavy atom. The fourth-order valence-electron chi connectivity index (χ4n) is 8.88. The van der Waals surface area contributed by atoms with E-state index in [1.165, 1.54) is 4.90 Å². The maximum absolute atomic E-state index is 14.0. The molecule has 0 unspecified atom stereocenters. The van der Waals surface area contributed by atoms with E-state index in [9.17, 15) is 38.7 Å². The summed E-state index contributed by atoms with van der Waals surface area (Å²) in [6.45, 7) is 14.2. The number of nitrogens with one attached hydrogen (secondary N) is 5. The highest BCUT2D eigenvalue weighted by molar-refractivity contribution is 7.13. The summed E-state index contributed by atoms with van der Waals surface area (Å²) in [5, 5.41) is 32.6. The van der Waals surface area contributed by atoms with Gasteiger partial charge in [-0.15, -0.1) is 16.4 Å². The zero-order valence-electron chi connectivity index (χ0n) is 45.9. The lowest BCUT2D eigenvalue weighted by molar-refractivity contribution is -0.144. The highest BCUT2D eigenvalue weighted by Gasteiger charge is 2.44. The fraction of sp³-hybridized carbons (Fsp3) is 0.564. The summed E-state index contributed by atoms with van der Waals surface area (Å²) in [5.74, 6) is -1.61. The lowest BCUT2D eigenvalue weighted by Gasteiger charge is -2.35. The Balaban J connectivity index is 0.795. The van der Waals surface area contributed by atoms with Gasteiger partial charge in [-0.25, -0.2) is 14.5 Å². The van der Waals surface area contributed by atoms with Crippen molar-refractivity contribution < 1.29 is 62.4 Å². The number of aliphatic hydroxyl groups is 1. The summed E-state index contributed by atoms with van der Waals surface area (Å²) >= 11 is 1.57. The van der Waals surface area contributed by atoms with E-state index in [0.29, 0.717) is 69.0 Å². The highest BCUT2D eigenvalue weighted by Crippen LogP contribution is 2.29. The number of aromatic nitrogens is 4. The van der Waals surface area contributed by atoms with Crippen LogP contribution in [0.15, 0.2) is 60.2 Å². The molecule has 2 saturated heterocycles. The Hall–Kier alpha value is -6.86. The fourth-order valence-corrected chi connectivity index (χ4v) is 9.69. The van der Waals surface area contributed by atoms with Crippen molar-refractivity contribution in [3.8, 4) is 16.2 Å². The smallest absolute Gasteiger partial charge is 0.408 e. The quantitative estimate of drug-likeness (QED) is 0.0311. The van der Waals surface area contributed by atoms with Crippen LogP contribution in [0.25, 0.3) is 10.4 Å². The first-order chi connectivity index (χ1) is 37.9. The highest BCUT2D eigenvalue weighted by atomic mass is 32.1. The van der Waals surface area contributed by atoms with E-state index in [0.717, 1.165) is 21.7 Å². The lowest BCUT2D eigenvalue weighted by atomic mass is 9.85. The predicted octanol–water partition coefficient (Wildman–Crippen LogP) is 3.39. The van der Waals surface area contributed by atoms with Gasteiger partial charge >= 0.3 is 6.09 Å². The molecule has 24 heteroatoms. The van der Waals surface area contributed by atoms with Crippen molar-refractivity contribution in [2.45, 2.75) is 130 Å². The molecule has 0 aliphatic carbocycles. The number of alkyl carbamates (subject to hydrolysis) is 1. The van der Waals surface area contributed by atoms with Crippen molar-refractivity contribution in [1.82, 2.24) is 51.5 Å². The van der Waals surface area contributed by atoms with E-state index in [1.807, 2.05) is 65.8 Å². The van der Waals surface area contributed by atoms with Gasteiger partial charge in [0.1, 0.15) is 49.1 Å². The molecule has 2 aliphatic rings. The van der Waals surface area contributed by atoms with E-state index >= 15 is 0 Å². The minimum Gasteiger partial charge on any atom is -0.487 e. The monoisotopic (exact) mass is 1120 g/mol. The zero-order chi connectivity index (χ0) is 56.9. The van der Waals surface area contributed by atoms with Gasteiger partial charge in [0.05, 0.1) is 80.6 Å². The topological polar surface area (TPSA) is 293 Å². The summed E-state index contributed by atoms with van der Waals surface area (Å²) in [6.07, 6.45) is 1.88. The van der Waals surface area contributed by atoms with Gasteiger partial charge in [-0.3, -0.25) is 24.0 Å². The molecule has 4 heterocycles. The maximum Gasteiger partial charge on any atom is 0.408 e. The van der Waals surface area contributed by atoms with E-state index in [1.54, 1.807) is 52.0 Å². The van der Waals surface area contributed by atoms with Crippen molar-refractivity contribution in [3.63, 3.8) is 0 Å². The van der Waals surface area contributed by atoms with E-state index in [-0.39, 0.29) is 94.9 Å². The number of benzene rings is 2. The summed E-state index contributed by atoms with van der Waals surface area (Å²) in [6, 6.07) is 11.1. The molecule has 4 aromatic rings. The van der Waals surface area contributed by atoms with Gasteiger partial charge in [0.15, 0.2) is 0 Å². The number of aldehydes is 1. The molecular weight excluding hydrogens is 1040 g/mol. The first-order valence-corrected chi connectivity index (χ1v) is 27.6. The van der Waals surface area contributed by atoms with Crippen molar-refractivity contribution >= 4 is 53.3 Å². The summed E-state index contributed by atoms with van der Waals surface area (Å²) in [7, 11) is 0. The molecule has 6 atom stereocenters. The normalized spacial score (nSPS) is 17.4. The third-order valence-electron chi connectivity index (χ3n) is 13.2. The molecular formula is C55H76N10O13S. The predicted molar refractivity (Wildman–Crippen MR) is 290 cm³/mol. The second-order valence-electron chi connectivity index (χ2n) is 21.1. The average molecular weight is 1120 g/mol. The largest absolute Gasteiger partial charge is 0.487 e. The lowest BCUT2D eigenvalue weighted by Crippen LogP contribution is -2.57. The SMILES string of the molecule is Cc1ncsc1-c1ccc(CNC(=O)[C@@H]2C[C@@H](O)CN2C(=O)[C@@H](NC(=O)CCOCCOCCOCCn2cc(COc3ccc(COC(=O)N[C@@H](CC(C)C)C(=O)N[C@H](C=O)C[C@@H]4CCNC4=O)cc3)nn2)C(C)(C)C)cc1. The van der Waals surface area contributed by atoms with E-state index in [4.69, 9.17) is 23.7 Å². The van der Waals surface area contributed by atoms with Crippen molar-refractivity contribution in [2.24, 2.45) is 17.3 Å². The van der Waals surface area contributed by atoms with E-state index in [2.05, 4.69) is 41.9 Å². The minimum atomic E-state index is -0.950. The first kappa shape index (κ1) is 61.4. The number of β-amino-alcohol motifs (C(OH)–C–C–N with tert-alkyl or cyclic N) is 1. The summed E-state index contributed by atoms with van der Waals surface area (Å²) in [5.41, 5.74) is 5.28. The Kier molecular flexibility index (Phi) is 23.7. The Labute approximate surface area is 464 Å². The average Bonchev–Trinajstić information content (AvgIpc) is 4.30. The maximum atomic E-state index is 14.0. The number of aryl methyl sites for hydroxylation is 1. The van der Waals surface area contributed by atoms with E-state index < -0.39 is 53.6 Å². The number of hydrogen-bond donors (Lipinski definition) is 6. The molecule has 0 spiro atoms. The van der Waals surface area contributed by atoms with Crippen molar-refractivity contribution in [3.05, 3.63) is 82.8 Å². The second-order valence-corrected chi connectivity index (χ2v) is 22.0. The van der Waals surface area contributed by atoms with Gasteiger partial charge in [0.25, 0.3) is 0 Å². The van der Waals surface area contributed by atoms with Gasteiger partial charge in [0, 0.05) is 38.4 Å². The molecule has 2 aliphatic heterocycles. The standard InChI is InChI=1S/C55H76N10O13S/c1-35(2)25-45(51(70)59-41(31-66)26-40-15-17-56-50(40)69)60-54(73)78-32-38-9-13-44(14-10-38)77-33-42-29-64(63-62-42)18-20-75-22-24-76-23-21-74-19-16-47(68)61-49(55(4,5)6)53(72)65-30-43(67)27-46(65)52(71)57-28-37-7-11-39(12-8-37)48-36(3)58-34-79-48/h7-14,29,31,34-35,40-41,43,45-46,49,67H,15-28,30,32-33H2,1-6H3,(H,56,69)(H,57,71)(H,59,70)(H,60,73)(H,61,68)/t40-,41-,43+,45-,46-,49+/m0/s1. The number of carbonyl (C=O) groups is 7. The Bertz CT molecular complexity index is 2620. The van der Waals surface area contributed by atoms with Crippen LogP contribution in [0, 0.1) is 24.2 Å². The van der Waals surface area contributed by atoms with Crippen LogP contribution in [-0.2, 0) is 74.0 Å². The number of carbonyl (C=O) groups excluding carboxylic acids is 7. The molecule has 2 aromatic heterocycles. The zero-order valence-corrected chi connectivity index (χ0v) is 46.7. The third-order valence-corrected chi connectivity index (χ3v) is 14.1. The molecule has 2 aromatic carbocycles. The molecule has 79 heavy (non-hydrogen) atoms. The van der Waals surface area contributed by atoms with Crippen LogP contribution in [-0.4, -0.2) is 155 Å². The summed E-state index contributed by atoms with van der Waals surface area (Å²) in [4.78, 5) is 96.7. The molecule has 0 radical (unpaired) electrons. The second kappa shape index (κ2) is 30.5. The van der Waals surface area contributed by atoms with Crippen LogP contribution in [0.1, 0.15) is 89.2 Å². The molecule has 0 bridgehead atoms. The Morgan fingerprint density at radius 1 is 0.911 bits per heavy atom. The molecule has 2 fully saturated rings. The molecule has 23 nitrogen and oxygen atoms in total. The van der Waals surface area contributed by atoms with Crippen LogP contribution >= 0.6 is 11.3 Å². The Morgan fingerprint density at radius 3 is 2.25 bits per heavy atom. The number of likely N-dealkylation sites (tertiary alicyclic amines) is 1. The number of aliphatic hydroxyl groups excluding tert-OH is 1. The number of thiazole rings is 1. The van der Waals surface area contributed by atoms with Crippen LogP contribution in [0.4, 0.5) is 4.79 Å². The van der Waals surface area contributed by atoms with Gasteiger partial charge in [-0.05, 0) is 66.3 Å². The minimum absolute atomic E-state index is 0.00325. The van der Waals surface area contributed by atoms with Gasteiger partial charge in [-0.2, -0.15) is 0 Å². The van der Waals surface area contributed by atoms with Crippen LogP contribution in [0.2, 0.25) is 0 Å². The molecule has 6 N–H and O–H groups in total. The first-order valence-electron chi connectivity index (χ1n) is 26.7. The number of rotatable bonds is 31. The third kappa shape index (κ3) is 19.8. The number of amides is 6. The van der Waals surface area contributed by atoms with Crippen LogP contribution < -0.4 is 31.3 Å².